The van der Waals surface area contributed by atoms with Crippen LogP contribution in [0.15, 0.2) is 40.9 Å². The second-order valence-corrected chi connectivity index (χ2v) is 5.06. The Balaban J connectivity index is 2.46. The highest BCUT2D eigenvalue weighted by molar-refractivity contribution is 9.10. The molecule has 2 aromatic carbocycles. The first-order chi connectivity index (χ1) is 8.99. The number of para-hydroxylation sites is 1. The van der Waals surface area contributed by atoms with Gasteiger partial charge < -0.3 is 4.74 Å². The van der Waals surface area contributed by atoms with Gasteiger partial charge in [-0.1, -0.05) is 12.1 Å². The first kappa shape index (κ1) is 13.7. The molecule has 2 nitrogen and oxygen atoms in total. The molecular weight excluding hydrogens is 311 g/mol. The average Bonchev–Trinajstić information content (AvgIpc) is 2.34. The molecule has 0 saturated carbocycles. The summed E-state index contributed by atoms with van der Waals surface area (Å²) in [6.07, 6.45) is 0. The third-order valence-corrected chi connectivity index (χ3v) is 3.27. The summed E-state index contributed by atoms with van der Waals surface area (Å²) in [7, 11) is 0. The number of benzene rings is 2. The van der Waals surface area contributed by atoms with Crippen molar-refractivity contribution in [3.8, 4) is 11.5 Å². The summed E-state index contributed by atoms with van der Waals surface area (Å²) in [4.78, 5) is 11.5. The summed E-state index contributed by atoms with van der Waals surface area (Å²) < 4.78 is 20.1. The molecule has 2 rings (SSSR count). The van der Waals surface area contributed by atoms with Crippen LogP contribution in [0.5, 0.6) is 11.5 Å². The lowest BCUT2D eigenvalue weighted by Crippen LogP contribution is -1.99. The smallest absolute Gasteiger partial charge is 0.173 e. The monoisotopic (exact) mass is 322 g/mol. The minimum absolute atomic E-state index is 0.0421. The summed E-state index contributed by atoms with van der Waals surface area (Å²) in [6.45, 7) is 3.32. The topological polar surface area (TPSA) is 26.3 Å². The Labute approximate surface area is 119 Å². The van der Waals surface area contributed by atoms with Gasteiger partial charge >= 0.3 is 0 Å². The molecule has 0 aliphatic carbocycles. The number of hydrogen-bond acceptors (Lipinski definition) is 2. The van der Waals surface area contributed by atoms with Crippen molar-refractivity contribution in [3.63, 3.8) is 0 Å². The molecule has 0 unspecified atom stereocenters. The Bertz CT molecular complexity index is 638. The lowest BCUT2D eigenvalue weighted by Gasteiger charge is -2.12. The van der Waals surface area contributed by atoms with Gasteiger partial charge in [0, 0.05) is 0 Å². The predicted molar refractivity (Wildman–Crippen MR) is 75.4 cm³/mol. The van der Waals surface area contributed by atoms with E-state index in [4.69, 9.17) is 4.74 Å². The van der Waals surface area contributed by atoms with Crippen LogP contribution < -0.4 is 4.74 Å². The number of aryl methyl sites for hydroxylation is 1. The van der Waals surface area contributed by atoms with Crippen LogP contribution in [0.25, 0.3) is 0 Å². The molecule has 0 N–H and O–H groups in total. The van der Waals surface area contributed by atoms with E-state index in [1.54, 1.807) is 12.1 Å². The zero-order valence-corrected chi connectivity index (χ0v) is 12.1. The van der Waals surface area contributed by atoms with Crippen LogP contribution >= 0.6 is 15.9 Å². The molecule has 4 heteroatoms. The molecule has 98 valence electrons. The highest BCUT2D eigenvalue weighted by Gasteiger charge is 2.15. The second kappa shape index (κ2) is 5.53. The maximum Gasteiger partial charge on any atom is 0.173 e. The summed E-state index contributed by atoms with van der Waals surface area (Å²) >= 11 is 3.36. The van der Waals surface area contributed by atoms with Crippen molar-refractivity contribution < 1.29 is 13.9 Å². The van der Waals surface area contributed by atoms with Crippen molar-refractivity contribution >= 4 is 21.7 Å². The Morgan fingerprint density at radius 3 is 2.63 bits per heavy atom. The summed E-state index contributed by atoms with van der Waals surface area (Å²) in [5.74, 6) is -0.365. The standard InChI is InChI=1S/C15H12BrFO2/c1-9-6-7-14(12(16)8-9)19-15-11(10(2)18)4-3-5-13(15)17/h3-8H,1-2H3. The molecule has 0 aromatic heterocycles. The highest BCUT2D eigenvalue weighted by atomic mass is 79.9. The number of carbonyl (C=O) groups is 1. The Morgan fingerprint density at radius 2 is 2.00 bits per heavy atom. The van der Waals surface area contributed by atoms with Crippen molar-refractivity contribution in [3.05, 3.63) is 57.8 Å². The van der Waals surface area contributed by atoms with Gasteiger partial charge in [-0.25, -0.2) is 4.39 Å². The maximum absolute atomic E-state index is 13.8. The van der Waals surface area contributed by atoms with Gasteiger partial charge in [0.05, 0.1) is 10.0 Å². The molecule has 0 aliphatic heterocycles. The van der Waals surface area contributed by atoms with E-state index in [0.717, 1.165) is 5.56 Å². The van der Waals surface area contributed by atoms with Gasteiger partial charge in [-0.2, -0.15) is 0 Å². The number of rotatable bonds is 3. The zero-order chi connectivity index (χ0) is 14.0. The van der Waals surface area contributed by atoms with Gasteiger partial charge in [0.15, 0.2) is 17.3 Å². The second-order valence-electron chi connectivity index (χ2n) is 4.21. The Morgan fingerprint density at radius 1 is 1.26 bits per heavy atom. The van der Waals surface area contributed by atoms with Crippen molar-refractivity contribution in [1.82, 2.24) is 0 Å². The third kappa shape index (κ3) is 3.01. The quantitative estimate of drug-likeness (QED) is 0.752. The fraction of sp³-hybridized carbons (Fsp3) is 0.133. The van der Waals surface area contributed by atoms with E-state index in [1.807, 2.05) is 19.1 Å². The molecule has 0 bridgehead atoms. The molecule has 0 spiro atoms. The van der Waals surface area contributed by atoms with Gasteiger partial charge in [0.2, 0.25) is 0 Å². The molecule has 0 saturated heterocycles. The molecule has 19 heavy (non-hydrogen) atoms. The van der Waals surface area contributed by atoms with E-state index in [9.17, 15) is 9.18 Å². The number of halogens is 2. The minimum Gasteiger partial charge on any atom is -0.452 e. The minimum atomic E-state index is -0.555. The van der Waals surface area contributed by atoms with Crippen LogP contribution in [0, 0.1) is 12.7 Å². The molecule has 0 aliphatic rings. The number of hydrogen-bond donors (Lipinski definition) is 0. The van der Waals surface area contributed by atoms with E-state index in [2.05, 4.69) is 15.9 Å². The molecule has 0 amide bonds. The highest BCUT2D eigenvalue weighted by Crippen LogP contribution is 2.33. The van der Waals surface area contributed by atoms with Crippen molar-refractivity contribution in [2.75, 3.05) is 0 Å². The first-order valence-corrected chi connectivity index (χ1v) is 6.52. The number of carbonyl (C=O) groups excluding carboxylic acids is 1. The van der Waals surface area contributed by atoms with Crippen LogP contribution in [-0.2, 0) is 0 Å². The lowest BCUT2D eigenvalue weighted by molar-refractivity contribution is 0.101. The lowest BCUT2D eigenvalue weighted by atomic mass is 10.1. The number of ketones is 1. The van der Waals surface area contributed by atoms with E-state index in [0.29, 0.717) is 10.2 Å². The van der Waals surface area contributed by atoms with Crippen LogP contribution in [0.1, 0.15) is 22.8 Å². The van der Waals surface area contributed by atoms with Crippen LogP contribution in [0.2, 0.25) is 0 Å². The van der Waals surface area contributed by atoms with E-state index >= 15 is 0 Å². The number of Topliss-reactive ketones (excluding diaryl/α,β-unsaturated/α-hetero) is 1. The van der Waals surface area contributed by atoms with Crippen molar-refractivity contribution in [1.29, 1.82) is 0 Å². The average molecular weight is 323 g/mol. The summed E-state index contributed by atoms with van der Waals surface area (Å²) in [6, 6.07) is 9.75. The molecule has 0 radical (unpaired) electrons. The first-order valence-electron chi connectivity index (χ1n) is 5.72. The van der Waals surface area contributed by atoms with Crippen LogP contribution in [0.3, 0.4) is 0 Å². The van der Waals surface area contributed by atoms with Gasteiger partial charge in [-0.15, -0.1) is 0 Å². The molecular formula is C15H12BrFO2. The Kier molecular flexibility index (Phi) is 4.00. The fourth-order valence-corrected chi connectivity index (χ4v) is 2.26. The molecule has 2 aromatic rings. The largest absolute Gasteiger partial charge is 0.452 e. The van der Waals surface area contributed by atoms with Gasteiger partial charge in [0.25, 0.3) is 0 Å². The normalized spacial score (nSPS) is 10.3. The van der Waals surface area contributed by atoms with Gasteiger partial charge in [-0.05, 0) is 59.6 Å². The third-order valence-electron chi connectivity index (χ3n) is 2.65. The molecule has 0 fully saturated rings. The van der Waals surface area contributed by atoms with E-state index < -0.39 is 5.82 Å². The van der Waals surface area contributed by atoms with Gasteiger partial charge in [-0.3, -0.25) is 4.79 Å². The fourth-order valence-electron chi connectivity index (χ4n) is 1.69. The predicted octanol–water partition coefficient (Wildman–Crippen LogP) is 4.89. The van der Waals surface area contributed by atoms with E-state index in [1.165, 1.54) is 19.1 Å². The van der Waals surface area contributed by atoms with Gasteiger partial charge in [0.1, 0.15) is 5.75 Å². The summed E-state index contributed by atoms with van der Waals surface area (Å²) in [5, 5.41) is 0. The zero-order valence-electron chi connectivity index (χ0n) is 10.5. The molecule has 0 heterocycles. The SMILES string of the molecule is CC(=O)c1cccc(F)c1Oc1ccc(C)cc1Br. The van der Waals surface area contributed by atoms with Crippen LogP contribution in [-0.4, -0.2) is 5.78 Å². The van der Waals surface area contributed by atoms with Crippen LogP contribution in [0.4, 0.5) is 4.39 Å². The van der Waals surface area contributed by atoms with Crippen molar-refractivity contribution in [2.24, 2.45) is 0 Å². The van der Waals surface area contributed by atoms with E-state index in [-0.39, 0.29) is 17.1 Å². The maximum atomic E-state index is 13.8. The summed E-state index contributed by atoms with van der Waals surface area (Å²) in [5.41, 5.74) is 1.28. The molecule has 0 atom stereocenters. The Hall–Kier alpha value is -1.68. The van der Waals surface area contributed by atoms with Crippen molar-refractivity contribution in [2.45, 2.75) is 13.8 Å². The number of ether oxygens (including phenoxy) is 1.